The summed E-state index contributed by atoms with van der Waals surface area (Å²) in [6.45, 7) is 2.63. The Labute approximate surface area is 127 Å². The van der Waals surface area contributed by atoms with Crippen LogP contribution >= 0.6 is 11.3 Å². The topological polar surface area (TPSA) is 46.9 Å². The van der Waals surface area contributed by atoms with Crippen LogP contribution in [0.2, 0.25) is 0 Å². The molecular weight excluding hydrogens is 282 g/mol. The van der Waals surface area contributed by atoms with Gasteiger partial charge in [-0.15, -0.1) is 11.3 Å². The first-order chi connectivity index (χ1) is 10.2. The third kappa shape index (κ3) is 3.20. The van der Waals surface area contributed by atoms with Crippen molar-refractivity contribution in [3.8, 4) is 0 Å². The molecule has 0 spiro atoms. The van der Waals surface area contributed by atoms with Gasteiger partial charge in [-0.1, -0.05) is 23.8 Å². The number of thiophene rings is 1. The Morgan fingerprint density at radius 2 is 2.19 bits per heavy atom. The first kappa shape index (κ1) is 13.6. The zero-order chi connectivity index (χ0) is 14.7. The predicted molar refractivity (Wildman–Crippen MR) is 84.8 cm³/mol. The second-order valence-corrected chi connectivity index (χ2v) is 5.81. The van der Waals surface area contributed by atoms with E-state index in [1.54, 1.807) is 28.3 Å². The summed E-state index contributed by atoms with van der Waals surface area (Å²) in [5.74, 6) is 0.585. The Morgan fingerprint density at radius 3 is 2.95 bits per heavy atom. The minimum absolute atomic E-state index is 0.119. The van der Waals surface area contributed by atoms with Crippen LogP contribution in [0.3, 0.4) is 0 Å². The number of nitrogens with zero attached hydrogens (tertiary/aromatic N) is 2. The Hall–Kier alpha value is -2.40. The van der Waals surface area contributed by atoms with Gasteiger partial charge in [0.05, 0.1) is 12.7 Å². The zero-order valence-electron chi connectivity index (χ0n) is 11.6. The minimum atomic E-state index is -0.119. The van der Waals surface area contributed by atoms with Crippen LogP contribution in [0.4, 0.5) is 5.82 Å². The maximum atomic E-state index is 12.3. The number of aryl methyl sites for hydroxylation is 1. The van der Waals surface area contributed by atoms with Gasteiger partial charge in [-0.05, 0) is 30.5 Å². The second-order valence-electron chi connectivity index (χ2n) is 4.78. The van der Waals surface area contributed by atoms with E-state index in [1.165, 1.54) is 4.88 Å². The zero-order valence-corrected chi connectivity index (χ0v) is 12.4. The first-order valence-corrected chi connectivity index (χ1v) is 7.52. The lowest BCUT2D eigenvalue weighted by atomic mass is 10.1. The van der Waals surface area contributed by atoms with Crippen molar-refractivity contribution in [2.75, 3.05) is 5.32 Å². The molecule has 0 unspecified atom stereocenters. The van der Waals surface area contributed by atoms with Crippen molar-refractivity contribution in [1.82, 2.24) is 9.78 Å². The van der Waals surface area contributed by atoms with Gasteiger partial charge in [0.25, 0.3) is 5.91 Å². The van der Waals surface area contributed by atoms with Crippen molar-refractivity contribution in [3.05, 3.63) is 70.0 Å². The van der Waals surface area contributed by atoms with Crippen LogP contribution in [0.15, 0.2) is 54.0 Å². The maximum absolute atomic E-state index is 12.3. The van der Waals surface area contributed by atoms with Crippen LogP contribution in [0.25, 0.3) is 0 Å². The number of nitrogens with one attached hydrogen (secondary N) is 1. The molecule has 1 aromatic carbocycles. The average molecular weight is 297 g/mol. The number of carbonyl (C=O) groups excluding carboxylic acids is 1. The van der Waals surface area contributed by atoms with Gasteiger partial charge in [0.2, 0.25) is 0 Å². The van der Waals surface area contributed by atoms with Crippen molar-refractivity contribution in [2.45, 2.75) is 13.5 Å². The van der Waals surface area contributed by atoms with Crippen LogP contribution in [0.5, 0.6) is 0 Å². The minimum Gasteiger partial charge on any atom is -0.307 e. The Balaban J connectivity index is 1.76. The van der Waals surface area contributed by atoms with Gasteiger partial charge >= 0.3 is 0 Å². The lowest BCUT2D eigenvalue weighted by Crippen LogP contribution is -2.16. The number of amides is 1. The van der Waals surface area contributed by atoms with Crippen molar-refractivity contribution >= 4 is 23.1 Å². The van der Waals surface area contributed by atoms with Gasteiger partial charge in [0.15, 0.2) is 0 Å². The number of benzene rings is 1. The molecule has 0 aliphatic heterocycles. The first-order valence-electron chi connectivity index (χ1n) is 6.64. The van der Waals surface area contributed by atoms with Gasteiger partial charge in [0, 0.05) is 16.5 Å². The van der Waals surface area contributed by atoms with Crippen LogP contribution in [-0.2, 0) is 6.54 Å². The summed E-state index contributed by atoms with van der Waals surface area (Å²) in [6, 6.07) is 13.4. The Bertz CT molecular complexity index is 746. The fraction of sp³-hybridized carbons (Fsp3) is 0.125. The molecule has 0 fully saturated rings. The molecule has 5 heteroatoms. The summed E-state index contributed by atoms with van der Waals surface area (Å²) in [7, 11) is 0. The Morgan fingerprint density at radius 1 is 1.29 bits per heavy atom. The van der Waals surface area contributed by atoms with Gasteiger partial charge in [-0.25, -0.2) is 4.68 Å². The molecule has 1 amide bonds. The van der Waals surface area contributed by atoms with E-state index < -0.39 is 0 Å². The summed E-state index contributed by atoms with van der Waals surface area (Å²) >= 11 is 1.67. The highest BCUT2D eigenvalue weighted by atomic mass is 32.1. The van der Waals surface area contributed by atoms with Gasteiger partial charge in [0.1, 0.15) is 5.82 Å². The molecule has 4 nitrogen and oxygen atoms in total. The van der Waals surface area contributed by atoms with E-state index in [9.17, 15) is 4.79 Å². The molecule has 3 aromatic rings. The van der Waals surface area contributed by atoms with Crippen molar-refractivity contribution < 1.29 is 4.79 Å². The van der Waals surface area contributed by atoms with E-state index in [2.05, 4.69) is 16.5 Å². The molecule has 3 rings (SSSR count). The highest BCUT2D eigenvalue weighted by Crippen LogP contribution is 2.15. The molecule has 0 atom stereocenters. The summed E-state index contributed by atoms with van der Waals surface area (Å²) in [4.78, 5) is 13.5. The third-order valence-electron chi connectivity index (χ3n) is 3.12. The summed E-state index contributed by atoms with van der Waals surface area (Å²) in [5.41, 5.74) is 1.72. The van der Waals surface area contributed by atoms with E-state index in [0.717, 1.165) is 5.56 Å². The Kier molecular flexibility index (Phi) is 3.83. The second kappa shape index (κ2) is 5.93. The van der Waals surface area contributed by atoms with E-state index in [0.29, 0.717) is 17.9 Å². The van der Waals surface area contributed by atoms with Crippen molar-refractivity contribution in [3.63, 3.8) is 0 Å². The molecule has 2 heterocycles. The number of anilines is 1. The van der Waals surface area contributed by atoms with Gasteiger partial charge in [-0.3, -0.25) is 4.79 Å². The number of hydrogen-bond donors (Lipinski definition) is 1. The monoisotopic (exact) mass is 297 g/mol. The van der Waals surface area contributed by atoms with Gasteiger partial charge < -0.3 is 5.32 Å². The van der Waals surface area contributed by atoms with E-state index in [4.69, 9.17) is 0 Å². The van der Waals surface area contributed by atoms with E-state index in [-0.39, 0.29) is 5.91 Å². The molecule has 106 valence electrons. The molecule has 21 heavy (non-hydrogen) atoms. The van der Waals surface area contributed by atoms with Crippen molar-refractivity contribution in [2.24, 2.45) is 0 Å². The maximum Gasteiger partial charge on any atom is 0.256 e. The summed E-state index contributed by atoms with van der Waals surface area (Å²) in [5, 5.41) is 9.21. The number of hydrogen-bond acceptors (Lipinski definition) is 3. The van der Waals surface area contributed by atoms with Gasteiger partial charge in [-0.2, -0.15) is 5.10 Å². The normalized spacial score (nSPS) is 10.5. The molecule has 2 aromatic heterocycles. The van der Waals surface area contributed by atoms with E-state index in [1.807, 2.05) is 42.6 Å². The molecule has 1 N–H and O–H groups in total. The SMILES string of the molecule is Cc1cccc(C(=O)Nc2ccnn2Cc2cccs2)c1. The summed E-state index contributed by atoms with van der Waals surface area (Å²) < 4.78 is 1.79. The standard InChI is InChI=1S/C16H15N3OS/c1-12-4-2-5-13(10-12)16(20)18-15-7-8-17-19(15)11-14-6-3-9-21-14/h2-10H,11H2,1H3,(H,18,20). The molecule has 0 radical (unpaired) electrons. The molecule has 0 saturated carbocycles. The quantitative estimate of drug-likeness (QED) is 0.800. The smallest absolute Gasteiger partial charge is 0.256 e. The van der Waals surface area contributed by atoms with Crippen molar-refractivity contribution in [1.29, 1.82) is 0 Å². The fourth-order valence-electron chi connectivity index (χ4n) is 2.09. The molecule has 0 aliphatic carbocycles. The lowest BCUT2D eigenvalue weighted by Gasteiger charge is -2.08. The number of aromatic nitrogens is 2. The largest absolute Gasteiger partial charge is 0.307 e. The highest BCUT2D eigenvalue weighted by molar-refractivity contribution is 7.09. The van der Waals surface area contributed by atoms with E-state index >= 15 is 0 Å². The molecule has 0 bridgehead atoms. The lowest BCUT2D eigenvalue weighted by molar-refractivity contribution is 0.102. The predicted octanol–water partition coefficient (Wildman–Crippen LogP) is 3.55. The van der Waals surface area contributed by atoms with Crippen LogP contribution in [0, 0.1) is 6.92 Å². The highest BCUT2D eigenvalue weighted by Gasteiger charge is 2.10. The molecule has 0 saturated heterocycles. The average Bonchev–Trinajstić information content (AvgIpc) is 3.12. The van der Waals surface area contributed by atoms with Crippen LogP contribution < -0.4 is 5.32 Å². The molecular formula is C16H15N3OS. The fourth-order valence-corrected chi connectivity index (χ4v) is 2.78. The number of rotatable bonds is 4. The van der Waals surface area contributed by atoms with Crippen LogP contribution in [-0.4, -0.2) is 15.7 Å². The summed E-state index contributed by atoms with van der Waals surface area (Å²) in [6.07, 6.45) is 1.69. The number of carbonyl (C=O) groups is 1. The third-order valence-corrected chi connectivity index (χ3v) is 3.99. The molecule has 0 aliphatic rings. The van der Waals surface area contributed by atoms with Crippen LogP contribution in [0.1, 0.15) is 20.8 Å².